The second kappa shape index (κ2) is 5.81. The largest absolute Gasteiger partial charge is 0.417 e. The summed E-state index contributed by atoms with van der Waals surface area (Å²) in [5, 5.41) is 12.1. The molecule has 3 heterocycles. The molecule has 24 heavy (non-hydrogen) atoms. The van der Waals surface area contributed by atoms with Crippen LogP contribution >= 0.6 is 0 Å². The molecular formula is C16H15FN4O3. The van der Waals surface area contributed by atoms with Crippen LogP contribution in [-0.4, -0.2) is 40.3 Å². The first kappa shape index (κ1) is 15.0. The number of rotatable bonds is 4. The van der Waals surface area contributed by atoms with Gasteiger partial charge in [0, 0.05) is 31.5 Å². The maximum Gasteiger partial charge on any atom is 0.251 e. The van der Waals surface area contributed by atoms with Crippen LogP contribution in [0.5, 0.6) is 0 Å². The van der Waals surface area contributed by atoms with Crippen molar-refractivity contribution in [3.05, 3.63) is 48.4 Å². The lowest BCUT2D eigenvalue weighted by Crippen LogP contribution is -2.29. The molecule has 0 bridgehead atoms. The molecule has 1 atom stereocenters. The Kier molecular flexibility index (Phi) is 3.62. The number of halogens is 1. The van der Waals surface area contributed by atoms with E-state index in [0.29, 0.717) is 36.8 Å². The zero-order valence-corrected chi connectivity index (χ0v) is 13.0. The van der Waals surface area contributed by atoms with E-state index in [1.165, 1.54) is 10.7 Å². The number of hydrogen-bond acceptors (Lipinski definition) is 6. The van der Waals surface area contributed by atoms with Gasteiger partial charge in [0.15, 0.2) is 5.60 Å². The third-order valence-electron chi connectivity index (χ3n) is 4.14. The third kappa shape index (κ3) is 2.40. The molecule has 1 unspecified atom stereocenters. The van der Waals surface area contributed by atoms with Crippen LogP contribution in [0.25, 0.3) is 17.1 Å². The van der Waals surface area contributed by atoms with Crippen molar-refractivity contribution in [1.29, 1.82) is 0 Å². The van der Waals surface area contributed by atoms with Crippen LogP contribution in [0.3, 0.4) is 0 Å². The van der Waals surface area contributed by atoms with Crippen molar-refractivity contribution in [2.45, 2.75) is 12.0 Å². The fourth-order valence-electron chi connectivity index (χ4n) is 2.72. The number of nitrogens with zero attached hydrogens (tertiary/aromatic N) is 4. The van der Waals surface area contributed by atoms with E-state index in [1.54, 1.807) is 37.7 Å². The standard InChI is InChI=1S/C16H15FN4O3/c1-22-16(5-8-23-10-16)15-20-19-14(24-15)11-3-4-13(12(17)9-11)21-7-2-6-18-21/h2-4,6-7,9H,5,8,10H2,1H3. The van der Waals surface area contributed by atoms with Crippen LogP contribution in [0.2, 0.25) is 0 Å². The zero-order valence-electron chi connectivity index (χ0n) is 13.0. The highest BCUT2D eigenvalue weighted by molar-refractivity contribution is 5.55. The number of methoxy groups -OCH3 is 1. The van der Waals surface area contributed by atoms with E-state index in [0.717, 1.165) is 0 Å². The summed E-state index contributed by atoms with van der Waals surface area (Å²) >= 11 is 0. The molecule has 1 aliphatic heterocycles. The van der Waals surface area contributed by atoms with Gasteiger partial charge in [-0.25, -0.2) is 9.07 Å². The van der Waals surface area contributed by atoms with Gasteiger partial charge in [0.1, 0.15) is 11.5 Å². The first-order chi connectivity index (χ1) is 11.7. The van der Waals surface area contributed by atoms with Gasteiger partial charge in [-0.3, -0.25) is 0 Å². The Bertz CT molecular complexity index is 841. The van der Waals surface area contributed by atoms with E-state index in [1.807, 2.05) is 0 Å². The second-order valence-corrected chi connectivity index (χ2v) is 5.53. The molecule has 0 spiro atoms. The van der Waals surface area contributed by atoms with E-state index in [4.69, 9.17) is 13.9 Å². The molecule has 0 aliphatic carbocycles. The van der Waals surface area contributed by atoms with Crippen molar-refractivity contribution in [2.75, 3.05) is 20.3 Å². The molecule has 1 saturated heterocycles. The molecule has 2 aromatic heterocycles. The third-order valence-corrected chi connectivity index (χ3v) is 4.14. The molecule has 4 rings (SSSR count). The molecule has 0 amide bonds. The van der Waals surface area contributed by atoms with Gasteiger partial charge in [-0.15, -0.1) is 10.2 Å². The number of benzene rings is 1. The van der Waals surface area contributed by atoms with Crippen molar-refractivity contribution in [3.8, 4) is 17.1 Å². The van der Waals surface area contributed by atoms with Gasteiger partial charge in [0.25, 0.3) is 5.89 Å². The molecule has 0 saturated carbocycles. The monoisotopic (exact) mass is 330 g/mol. The Hall–Kier alpha value is -2.58. The lowest BCUT2D eigenvalue weighted by Gasteiger charge is -2.20. The van der Waals surface area contributed by atoms with Crippen molar-refractivity contribution < 1.29 is 18.3 Å². The summed E-state index contributed by atoms with van der Waals surface area (Å²) in [5.74, 6) is 0.148. The fourth-order valence-corrected chi connectivity index (χ4v) is 2.72. The Balaban J connectivity index is 1.66. The summed E-state index contributed by atoms with van der Waals surface area (Å²) < 4.78 is 32.4. The quantitative estimate of drug-likeness (QED) is 0.731. The average molecular weight is 330 g/mol. The van der Waals surface area contributed by atoms with Gasteiger partial charge < -0.3 is 13.9 Å². The van der Waals surface area contributed by atoms with E-state index in [2.05, 4.69) is 15.3 Å². The molecule has 0 N–H and O–H groups in total. The van der Waals surface area contributed by atoms with Crippen LogP contribution < -0.4 is 0 Å². The summed E-state index contributed by atoms with van der Waals surface area (Å²) in [7, 11) is 1.58. The van der Waals surface area contributed by atoms with Crippen molar-refractivity contribution in [3.63, 3.8) is 0 Å². The SMILES string of the molecule is COC1(c2nnc(-c3ccc(-n4cccn4)c(F)c3)o2)CCOC1. The minimum atomic E-state index is -0.723. The van der Waals surface area contributed by atoms with Crippen molar-refractivity contribution in [1.82, 2.24) is 20.0 Å². The Morgan fingerprint density at radius 3 is 2.92 bits per heavy atom. The minimum Gasteiger partial charge on any atom is -0.417 e. The molecule has 0 radical (unpaired) electrons. The Morgan fingerprint density at radius 2 is 2.25 bits per heavy atom. The van der Waals surface area contributed by atoms with Gasteiger partial charge >= 0.3 is 0 Å². The Morgan fingerprint density at radius 1 is 1.33 bits per heavy atom. The highest BCUT2D eigenvalue weighted by atomic mass is 19.1. The smallest absolute Gasteiger partial charge is 0.251 e. The zero-order chi connectivity index (χ0) is 16.6. The molecule has 124 valence electrons. The van der Waals surface area contributed by atoms with Crippen LogP contribution in [0, 0.1) is 5.82 Å². The van der Waals surface area contributed by atoms with Gasteiger partial charge in [-0.2, -0.15) is 5.10 Å². The first-order valence-corrected chi connectivity index (χ1v) is 7.49. The van der Waals surface area contributed by atoms with Crippen LogP contribution in [0.15, 0.2) is 41.1 Å². The molecule has 3 aromatic rings. The van der Waals surface area contributed by atoms with E-state index in [9.17, 15) is 4.39 Å². The van der Waals surface area contributed by atoms with Crippen LogP contribution in [0.1, 0.15) is 12.3 Å². The first-order valence-electron chi connectivity index (χ1n) is 7.49. The summed E-state index contributed by atoms with van der Waals surface area (Å²) in [6.07, 6.45) is 3.90. The highest BCUT2D eigenvalue weighted by Gasteiger charge is 2.42. The van der Waals surface area contributed by atoms with E-state index < -0.39 is 11.4 Å². The van der Waals surface area contributed by atoms with Crippen molar-refractivity contribution >= 4 is 0 Å². The predicted molar refractivity (Wildman–Crippen MR) is 80.9 cm³/mol. The molecule has 8 heteroatoms. The van der Waals surface area contributed by atoms with Gasteiger partial charge in [0.2, 0.25) is 5.89 Å². The summed E-state index contributed by atoms with van der Waals surface area (Å²) in [6, 6.07) is 6.40. The second-order valence-electron chi connectivity index (χ2n) is 5.53. The Labute approximate surface area is 137 Å². The summed E-state index contributed by atoms with van der Waals surface area (Å²) in [4.78, 5) is 0. The van der Waals surface area contributed by atoms with E-state index >= 15 is 0 Å². The van der Waals surface area contributed by atoms with Crippen LogP contribution in [-0.2, 0) is 15.1 Å². The lowest BCUT2D eigenvalue weighted by molar-refractivity contribution is -0.0407. The van der Waals surface area contributed by atoms with Gasteiger partial charge in [-0.1, -0.05) is 0 Å². The highest BCUT2D eigenvalue weighted by Crippen LogP contribution is 2.34. The lowest BCUT2D eigenvalue weighted by atomic mass is 10.0. The van der Waals surface area contributed by atoms with Crippen LogP contribution in [0.4, 0.5) is 4.39 Å². The van der Waals surface area contributed by atoms with Crippen molar-refractivity contribution in [2.24, 2.45) is 0 Å². The number of ether oxygens (including phenoxy) is 2. The summed E-state index contributed by atoms with van der Waals surface area (Å²) in [6.45, 7) is 0.927. The maximum absolute atomic E-state index is 14.4. The molecule has 7 nitrogen and oxygen atoms in total. The topological polar surface area (TPSA) is 75.2 Å². The number of aromatic nitrogens is 4. The van der Waals surface area contributed by atoms with Gasteiger partial charge in [-0.05, 0) is 24.3 Å². The number of hydrogen-bond donors (Lipinski definition) is 0. The average Bonchev–Trinajstić information content (AvgIpc) is 3.34. The van der Waals surface area contributed by atoms with E-state index in [-0.39, 0.29) is 5.89 Å². The normalized spacial score (nSPS) is 20.6. The maximum atomic E-state index is 14.4. The molecule has 1 aromatic carbocycles. The minimum absolute atomic E-state index is 0.235. The molecule has 1 aliphatic rings. The fraction of sp³-hybridized carbons (Fsp3) is 0.312. The summed E-state index contributed by atoms with van der Waals surface area (Å²) in [5.41, 5.74) is 0.118. The van der Waals surface area contributed by atoms with Gasteiger partial charge in [0.05, 0.1) is 13.2 Å². The predicted octanol–water partition coefficient (Wildman–Crippen LogP) is 2.32. The molecular weight excluding hydrogens is 315 g/mol. The molecule has 1 fully saturated rings.